The van der Waals surface area contributed by atoms with E-state index in [-0.39, 0.29) is 5.41 Å². The summed E-state index contributed by atoms with van der Waals surface area (Å²) in [7, 11) is 0. The Balaban J connectivity index is 0.860. The fourth-order valence-electron chi connectivity index (χ4n) is 12.1. The van der Waals surface area contributed by atoms with Crippen LogP contribution in [-0.4, -0.2) is 0 Å². The summed E-state index contributed by atoms with van der Waals surface area (Å²) in [6.07, 6.45) is 2.98. The Morgan fingerprint density at radius 1 is 0.313 bits per heavy atom. The van der Waals surface area contributed by atoms with E-state index in [1.807, 2.05) is 0 Å². The smallest absolute Gasteiger partial charge is 0.0622 e. The van der Waals surface area contributed by atoms with Crippen molar-refractivity contribution in [3.05, 3.63) is 288 Å². The summed E-state index contributed by atoms with van der Waals surface area (Å²) in [5.41, 5.74) is 22.3. The standard InChI is InChI=1S/C67H48/c1-2-16-47(17-3-1)56-43-42-52(55-21-6-7-22-58(55)56)44-51(46-38-40-49(41-39-46)54-26-14-19-48-18-4-5-20-53(48)54)37-34-45-32-35-50(36-33-45)57-27-15-28-62-61-25-10-13-31-65(61)67(66(57)62)63-29-11-8-23-59(63)60-24-9-12-30-64(60)67/h1-33,35-36,38-43,51H,34,37,44H2. The summed E-state index contributed by atoms with van der Waals surface area (Å²) in [5, 5.41) is 5.22. The van der Waals surface area contributed by atoms with Gasteiger partial charge in [-0.2, -0.15) is 0 Å². The summed E-state index contributed by atoms with van der Waals surface area (Å²) in [6, 6.07) is 93.2. The van der Waals surface area contributed by atoms with Crippen molar-refractivity contribution in [2.24, 2.45) is 0 Å². The first-order chi connectivity index (χ1) is 33.2. The first-order valence-electron chi connectivity index (χ1n) is 23.9. The topological polar surface area (TPSA) is 0 Å². The van der Waals surface area contributed by atoms with Gasteiger partial charge in [-0.05, 0) is 141 Å². The molecule has 0 saturated carbocycles. The Morgan fingerprint density at radius 2 is 0.791 bits per heavy atom. The highest BCUT2D eigenvalue weighted by Crippen LogP contribution is 2.64. The van der Waals surface area contributed by atoms with E-state index < -0.39 is 0 Å². The SMILES string of the molecule is c1ccc(-c2ccc(CC(CCc3ccc(-c4cccc5c4C4(c6ccccc6-c6ccccc64)c4ccccc4-5)cc3)c3ccc(-c4cccc5ccccc45)cc3)c3ccccc23)cc1. The Morgan fingerprint density at radius 3 is 1.51 bits per heavy atom. The second kappa shape index (κ2) is 16.1. The fraction of sp³-hybridized carbons (Fsp3) is 0.0746. The molecule has 0 aromatic heterocycles. The van der Waals surface area contributed by atoms with Crippen molar-refractivity contribution in [2.45, 2.75) is 30.6 Å². The molecular formula is C67H48. The van der Waals surface area contributed by atoms with E-state index in [0.29, 0.717) is 5.92 Å². The molecular weight excluding hydrogens is 805 g/mol. The van der Waals surface area contributed by atoms with E-state index in [2.05, 4.69) is 249 Å². The van der Waals surface area contributed by atoms with E-state index in [1.54, 1.807) is 0 Å². The molecule has 67 heavy (non-hydrogen) atoms. The summed E-state index contributed by atoms with van der Waals surface area (Å²) < 4.78 is 0. The second-order valence-electron chi connectivity index (χ2n) is 18.6. The third-order valence-corrected chi connectivity index (χ3v) is 15.1. The molecule has 1 unspecified atom stereocenters. The molecule has 0 heteroatoms. The van der Waals surface area contributed by atoms with Crippen molar-refractivity contribution < 1.29 is 0 Å². The molecule has 0 amide bonds. The molecule has 1 spiro atoms. The van der Waals surface area contributed by atoms with Gasteiger partial charge in [0.15, 0.2) is 0 Å². The number of hydrogen-bond acceptors (Lipinski definition) is 0. The van der Waals surface area contributed by atoms with Crippen molar-refractivity contribution >= 4 is 21.5 Å². The van der Waals surface area contributed by atoms with Crippen LogP contribution in [0.5, 0.6) is 0 Å². The molecule has 0 nitrogen and oxygen atoms in total. The van der Waals surface area contributed by atoms with Crippen LogP contribution in [0.15, 0.2) is 249 Å². The molecule has 0 radical (unpaired) electrons. The minimum atomic E-state index is -0.381. The van der Waals surface area contributed by atoms with Gasteiger partial charge < -0.3 is 0 Å². The van der Waals surface area contributed by atoms with Crippen LogP contribution in [0.3, 0.4) is 0 Å². The minimum absolute atomic E-state index is 0.325. The molecule has 0 N–H and O–H groups in total. The molecule has 316 valence electrons. The number of rotatable bonds is 9. The lowest BCUT2D eigenvalue weighted by atomic mass is 9.68. The number of aryl methyl sites for hydroxylation is 1. The Bertz CT molecular complexity index is 3580. The lowest BCUT2D eigenvalue weighted by Gasteiger charge is -2.32. The van der Waals surface area contributed by atoms with E-state index >= 15 is 0 Å². The Kier molecular flexibility index (Phi) is 9.46. The second-order valence-corrected chi connectivity index (χ2v) is 18.6. The molecule has 11 aromatic carbocycles. The molecule has 11 aromatic rings. The highest BCUT2D eigenvalue weighted by atomic mass is 14.5. The van der Waals surface area contributed by atoms with Gasteiger partial charge in [-0.15, -0.1) is 0 Å². The van der Waals surface area contributed by atoms with Crippen molar-refractivity contribution in [3.8, 4) is 55.6 Å². The zero-order valence-corrected chi connectivity index (χ0v) is 37.4. The molecule has 0 saturated heterocycles. The van der Waals surface area contributed by atoms with Crippen LogP contribution in [0.1, 0.15) is 51.3 Å². The highest BCUT2D eigenvalue weighted by Gasteiger charge is 2.52. The van der Waals surface area contributed by atoms with Crippen molar-refractivity contribution in [1.82, 2.24) is 0 Å². The lowest BCUT2D eigenvalue weighted by Crippen LogP contribution is -2.26. The average molecular weight is 853 g/mol. The van der Waals surface area contributed by atoms with Gasteiger partial charge >= 0.3 is 0 Å². The summed E-state index contributed by atoms with van der Waals surface area (Å²) in [6.45, 7) is 0. The number of hydrogen-bond donors (Lipinski definition) is 0. The van der Waals surface area contributed by atoms with E-state index in [9.17, 15) is 0 Å². The van der Waals surface area contributed by atoms with Crippen LogP contribution in [0, 0.1) is 0 Å². The molecule has 0 aliphatic heterocycles. The van der Waals surface area contributed by atoms with Crippen LogP contribution in [0.4, 0.5) is 0 Å². The van der Waals surface area contributed by atoms with E-state index in [1.165, 1.54) is 116 Å². The molecule has 0 bridgehead atoms. The molecule has 0 heterocycles. The van der Waals surface area contributed by atoms with Crippen LogP contribution in [-0.2, 0) is 18.3 Å². The zero-order chi connectivity index (χ0) is 44.3. The van der Waals surface area contributed by atoms with Gasteiger partial charge in [0.25, 0.3) is 0 Å². The molecule has 2 aliphatic carbocycles. The fourth-order valence-corrected chi connectivity index (χ4v) is 12.1. The number of fused-ring (bicyclic) bond motifs is 12. The molecule has 2 aliphatic rings. The minimum Gasteiger partial charge on any atom is -0.0622 e. The maximum absolute atomic E-state index is 2.40. The maximum atomic E-state index is 2.40. The quantitative estimate of drug-likeness (QED) is 0.136. The van der Waals surface area contributed by atoms with Gasteiger partial charge in [-0.25, -0.2) is 0 Å². The van der Waals surface area contributed by atoms with Crippen LogP contribution in [0.25, 0.3) is 77.2 Å². The first-order valence-corrected chi connectivity index (χ1v) is 23.9. The van der Waals surface area contributed by atoms with Crippen molar-refractivity contribution in [1.29, 1.82) is 0 Å². The maximum Gasteiger partial charge on any atom is 0.0731 e. The highest BCUT2D eigenvalue weighted by molar-refractivity contribution is 6.00. The summed E-state index contributed by atoms with van der Waals surface area (Å²) in [5.74, 6) is 0.325. The third kappa shape index (κ3) is 6.35. The van der Waals surface area contributed by atoms with E-state index in [0.717, 1.165) is 19.3 Å². The molecule has 0 fully saturated rings. The zero-order valence-electron chi connectivity index (χ0n) is 37.4. The van der Waals surface area contributed by atoms with Crippen molar-refractivity contribution in [2.75, 3.05) is 0 Å². The van der Waals surface area contributed by atoms with E-state index in [4.69, 9.17) is 0 Å². The largest absolute Gasteiger partial charge is 0.0731 e. The summed E-state index contributed by atoms with van der Waals surface area (Å²) in [4.78, 5) is 0. The van der Waals surface area contributed by atoms with Crippen molar-refractivity contribution in [3.63, 3.8) is 0 Å². The predicted octanol–water partition coefficient (Wildman–Crippen LogP) is 17.3. The Labute approximate surface area is 393 Å². The van der Waals surface area contributed by atoms with Gasteiger partial charge in [0.05, 0.1) is 5.41 Å². The van der Waals surface area contributed by atoms with Gasteiger partial charge in [0.2, 0.25) is 0 Å². The van der Waals surface area contributed by atoms with Crippen LogP contribution in [0.2, 0.25) is 0 Å². The molecule has 1 atom stereocenters. The van der Waals surface area contributed by atoms with Gasteiger partial charge in [0, 0.05) is 0 Å². The normalized spacial score (nSPS) is 13.3. The lowest BCUT2D eigenvalue weighted by molar-refractivity contribution is 0.623. The average Bonchev–Trinajstić information content (AvgIpc) is 3.88. The molecule has 13 rings (SSSR count). The monoisotopic (exact) mass is 852 g/mol. The van der Waals surface area contributed by atoms with Gasteiger partial charge in [0.1, 0.15) is 0 Å². The predicted molar refractivity (Wildman–Crippen MR) is 282 cm³/mol. The first kappa shape index (κ1) is 39.3. The van der Waals surface area contributed by atoms with Gasteiger partial charge in [-0.1, -0.05) is 249 Å². The Hall–Kier alpha value is -8.06. The summed E-state index contributed by atoms with van der Waals surface area (Å²) >= 11 is 0. The number of benzene rings is 11. The van der Waals surface area contributed by atoms with Crippen LogP contribution < -0.4 is 0 Å². The third-order valence-electron chi connectivity index (χ3n) is 15.1. The van der Waals surface area contributed by atoms with Crippen LogP contribution >= 0.6 is 0 Å². The van der Waals surface area contributed by atoms with Gasteiger partial charge in [-0.3, -0.25) is 0 Å².